The number of para-hydroxylation sites is 1. The van der Waals surface area contributed by atoms with Crippen LogP contribution in [-0.4, -0.2) is 38.1 Å². The molecule has 4 nitrogen and oxygen atoms in total. The number of anilines is 1. The van der Waals surface area contributed by atoms with Crippen molar-refractivity contribution in [3.05, 3.63) is 78.4 Å². The van der Waals surface area contributed by atoms with Crippen LogP contribution in [0.5, 0.6) is 0 Å². The van der Waals surface area contributed by atoms with E-state index < -0.39 is 13.9 Å². The van der Waals surface area contributed by atoms with Crippen LogP contribution in [0.4, 0.5) is 5.69 Å². The van der Waals surface area contributed by atoms with Crippen molar-refractivity contribution >= 4 is 19.9 Å². The number of nitrogens with zero attached hydrogens (tertiary/aromatic N) is 1. The smallest absolute Gasteiger partial charge is 0.229 e. The topological polar surface area (TPSA) is 49.8 Å². The van der Waals surface area contributed by atoms with Gasteiger partial charge in [0.2, 0.25) is 5.91 Å². The Morgan fingerprint density at radius 3 is 2.38 bits per heavy atom. The number of aryl methyl sites for hydroxylation is 1. The average Bonchev–Trinajstić information content (AvgIpc) is 2.89. The Morgan fingerprint density at radius 1 is 1.10 bits per heavy atom. The molecule has 1 aliphatic carbocycles. The number of aliphatic hydroxyl groups is 1. The number of carbonyl (C=O) groups excluding carboxylic acids is 1. The molecule has 2 aromatic rings. The lowest BCUT2D eigenvalue weighted by atomic mass is 9.76. The van der Waals surface area contributed by atoms with Gasteiger partial charge in [-0.2, -0.15) is 0 Å². The Kier molecular flexibility index (Phi) is 11.2. The maximum atomic E-state index is 13.0. The van der Waals surface area contributed by atoms with Gasteiger partial charge in [-0.25, -0.2) is 0 Å². The summed E-state index contributed by atoms with van der Waals surface area (Å²) < 4.78 is 6.87. The fourth-order valence-corrected chi connectivity index (χ4v) is 6.56. The van der Waals surface area contributed by atoms with Gasteiger partial charge in [-0.15, -0.1) is 0 Å². The van der Waals surface area contributed by atoms with Gasteiger partial charge >= 0.3 is 0 Å². The Labute approximate surface area is 238 Å². The first kappa shape index (κ1) is 31.3. The Morgan fingerprint density at radius 2 is 1.74 bits per heavy atom. The van der Waals surface area contributed by atoms with Crippen molar-refractivity contribution in [3.8, 4) is 0 Å². The molecule has 1 aliphatic rings. The molecule has 1 amide bonds. The molecule has 0 spiro atoms. The highest BCUT2D eigenvalue weighted by Gasteiger charge is 2.39. The molecule has 0 bridgehead atoms. The second-order valence-electron chi connectivity index (χ2n) is 13.1. The molecule has 1 saturated carbocycles. The van der Waals surface area contributed by atoms with E-state index in [4.69, 9.17) is 4.43 Å². The molecular weight excluding hydrogens is 498 g/mol. The van der Waals surface area contributed by atoms with Crippen LogP contribution in [0.1, 0.15) is 77.7 Å². The van der Waals surface area contributed by atoms with Crippen molar-refractivity contribution < 1.29 is 14.3 Å². The van der Waals surface area contributed by atoms with E-state index in [1.807, 2.05) is 30.3 Å². The molecule has 0 heterocycles. The SMILES string of the molecule is CN(C(=O)C[C@@]1(O)CCC[C@H](/C=C/C(CCCCc2ccccc2)O[Si](C)(C)C(C)(C)C)C1)c1ccccc1. The maximum Gasteiger partial charge on any atom is 0.229 e. The van der Waals surface area contributed by atoms with Crippen molar-refractivity contribution in [1.82, 2.24) is 0 Å². The van der Waals surface area contributed by atoms with Crippen LogP contribution in [0.3, 0.4) is 0 Å². The summed E-state index contributed by atoms with van der Waals surface area (Å²) in [4.78, 5) is 14.7. The minimum atomic E-state index is -1.92. The van der Waals surface area contributed by atoms with Crippen molar-refractivity contribution in [2.45, 2.75) is 108 Å². The third kappa shape index (κ3) is 9.73. The highest BCUT2D eigenvalue weighted by atomic mass is 28.4. The number of rotatable bonds is 12. The van der Waals surface area contributed by atoms with Gasteiger partial charge in [0.1, 0.15) is 0 Å². The summed E-state index contributed by atoms with van der Waals surface area (Å²) in [5.41, 5.74) is 1.29. The molecule has 0 aliphatic heterocycles. The van der Waals surface area contributed by atoms with Gasteiger partial charge < -0.3 is 14.4 Å². The van der Waals surface area contributed by atoms with Crippen LogP contribution < -0.4 is 4.90 Å². The van der Waals surface area contributed by atoms with Gasteiger partial charge in [0.25, 0.3) is 0 Å². The standard InChI is InChI=1S/C34H51NO3Si/c1-33(2,3)39(5,6)38-31(22-14-13-18-28-16-9-7-10-17-28)24-23-29-19-15-25-34(37,26-29)27-32(36)35(4)30-20-11-8-12-21-30/h7-12,16-17,20-21,23-24,29,31,37H,13-15,18-19,22,25-27H2,1-6H3/b24-23+/t29-,31?,34-/m1/s1. The van der Waals surface area contributed by atoms with Gasteiger partial charge in [0.05, 0.1) is 18.1 Å². The van der Waals surface area contributed by atoms with Gasteiger partial charge in [-0.3, -0.25) is 4.79 Å². The molecule has 39 heavy (non-hydrogen) atoms. The second kappa shape index (κ2) is 13.9. The van der Waals surface area contributed by atoms with Crippen LogP contribution in [0.15, 0.2) is 72.8 Å². The van der Waals surface area contributed by atoms with E-state index in [-0.39, 0.29) is 29.4 Å². The van der Waals surface area contributed by atoms with Crippen LogP contribution in [0, 0.1) is 5.92 Å². The summed E-state index contributed by atoms with van der Waals surface area (Å²) in [5.74, 6) is 0.222. The summed E-state index contributed by atoms with van der Waals surface area (Å²) in [6.07, 6.45) is 12.4. The molecule has 0 aromatic heterocycles. The predicted molar refractivity (Wildman–Crippen MR) is 167 cm³/mol. The first-order valence-electron chi connectivity index (χ1n) is 14.8. The third-order valence-electron chi connectivity index (χ3n) is 8.75. The Bertz CT molecular complexity index is 1050. The lowest BCUT2D eigenvalue weighted by Gasteiger charge is -2.39. The highest BCUT2D eigenvalue weighted by molar-refractivity contribution is 6.74. The second-order valence-corrected chi connectivity index (χ2v) is 17.8. The largest absolute Gasteiger partial charge is 0.411 e. The fourth-order valence-electron chi connectivity index (χ4n) is 5.26. The number of benzene rings is 2. The summed E-state index contributed by atoms with van der Waals surface area (Å²) in [5, 5.41) is 11.6. The van der Waals surface area contributed by atoms with E-state index in [1.165, 1.54) is 5.56 Å². The van der Waals surface area contributed by atoms with Crippen LogP contribution in [0.2, 0.25) is 18.1 Å². The summed E-state index contributed by atoms with van der Waals surface area (Å²) >= 11 is 0. The lowest BCUT2D eigenvalue weighted by Crippen LogP contribution is -2.43. The van der Waals surface area contributed by atoms with Gasteiger partial charge in [0, 0.05) is 12.7 Å². The summed E-state index contributed by atoms with van der Waals surface area (Å²) in [6, 6.07) is 20.4. The average molecular weight is 550 g/mol. The lowest BCUT2D eigenvalue weighted by molar-refractivity contribution is -0.125. The van der Waals surface area contributed by atoms with Crippen molar-refractivity contribution in [3.63, 3.8) is 0 Å². The van der Waals surface area contributed by atoms with Crippen molar-refractivity contribution in [2.75, 3.05) is 11.9 Å². The minimum Gasteiger partial charge on any atom is -0.411 e. The molecule has 2 aromatic carbocycles. The van der Waals surface area contributed by atoms with E-state index in [0.717, 1.165) is 44.2 Å². The van der Waals surface area contributed by atoms with Crippen molar-refractivity contribution in [1.29, 1.82) is 0 Å². The minimum absolute atomic E-state index is 0.0362. The number of unbranched alkanes of at least 4 members (excludes halogenated alkanes) is 1. The monoisotopic (exact) mass is 549 g/mol. The number of hydrogen-bond acceptors (Lipinski definition) is 3. The molecule has 3 atom stereocenters. The molecule has 5 heteroatoms. The fraction of sp³-hybridized carbons (Fsp3) is 0.559. The molecule has 3 rings (SSSR count). The van der Waals surface area contributed by atoms with E-state index in [9.17, 15) is 9.90 Å². The molecule has 214 valence electrons. The third-order valence-corrected chi connectivity index (χ3v) is 13.3. The van der Waals surface area contributed by atoms with Crippen molar-refractivity contribution in [2.24, 2.45) is 5.92 Å². The number of carbonyl (C=O) groups is 1. The molecule has 1 unspecified atom stereocenters. The van der Waals surface area contributed by atoms with E-state index in [0.29, 0.717) is 12.8 Å². The van der Waals surface area contributed by atoms with Gasteiger partial charge in [-0.1, -0.05) is 87.9 Å². The highest BCUT2D eigenvalue weighted by Crippen LogP contribution is 2.39. The Hall–Kier alpha value is -2.21. The van der Waals surface area contributed by atoms with E-state index in [1.54, 1.807) is 11.9 Å². The number of hydrogen-bond donors (Lipinski definition) is 1. The zero-order valence-electron chi connectivity index (χ0n) is 25.2. The van der Waals surface area contributed by atoms with Crippen LogP contribution in [0.25, 0.3) is 0 Å². The number of amides is 1. The van der Waals surface area contributed by atoms with Gasteiger partial charge in [0.15, 0.2) is 8.32 Å². The molecular formula is C34H51NO3Si. The molecule has 0 saturated heterocycles. The van der Waals surface area contributed by atoms with E-state index in [2.05, 4.69) is 76.3 Å². The van der Waals surface area contributed by atoms with Gasteiger partial charge in [-0.05, 0) is 86.7 Å². The zero-order chi connectivity index (χ0) is 28.5. The summed E-state index contributed by atoms with van der Waals surface area (Å²) in [7, 11) is -0.131. The zero-order valence-corrected chi connectivity index (χ0v) is 26.2. The Balaban J connectivity index is 1.61. The van der Waals surface area contributed by atoms with Crippen LogP contribution >= 0.6 is 0 Å². The molecule has 0 radical (unpaired) electrons. The normalized spacial score (nSPS) is 21.2. The maximum absolute atomic E-state index is 13.0. The van der Waals surface area contributed by atoms with Crippen LogP contribution in [-0.2, 0) is 15.6 Å². The predicted octanol–water partition coefficient (Wildman–Crippen LogP) is 8.32. The molecule has 1 fully saturated rings. The quantitative estimate of drug-likeness (QED) is 0.164. The first-order valence-corrected chi connectivity index (χ1v) is 17.7. The summed E-state index contributed by atoms with van der Waals surface area (Å²) in [6.45, 7) is 11.5. The number of allylic oxidation sites excluding steroid dienone is 1. The molecule has 1 N–H and O–H groups in total. The van der Waals surface area contributed by atoms with E-state index >= 15 is 0 Å². The first-order chi connectivity index (χ1) is 18.4.